The van der Waals surface area contributed by atoms with Crippen LogP contribution >= 0.6 is 0 Å². The molecule has 0 saturated carbocycles. The molecule has 0 aliphatic carbocycles. The lowest BCUT2D eigenvalue weighted by Crippen LogP contribution is -2.57. The van der Waals surface area contributed by atoms with Gasteiger partial charge in [-0.1, -0.05) is 6.07 Å². The third-order valence-corrected chi connectivity index (χ3v) is 5.97. The van der Waals surface area contributed by atoms with Crippen LogP contribution in [0.15, 0.2) is 30.3 Å². The molecule has 176 valence electrons. The van der Waals surface area contributed by atoms with Crippen LogP contribution in [0.25, 0.3) is 0 Å². The minimum atomic E-state index is -0.985. The highest BCUT2D eigenvalue weighted by Gasteiger charge is 2.35. The van der Waals surface area contributed by atoms with Crippen molar-refractivity contribution in [3.05, 3.63) is 64.7 Å². The average Bonchev–Trinajstić information content (AvgIpc) is 2.77. The van der Waals surface area contributed by atoms with Crippen LogP contribution in [-0.4, -0.2) is 65.5 Å². The Morgan fingerprint density at radius 2 is 1.88 bits per heavy atom. The SMILES string of the molecule is C[C@@H](NC(=O)[C@H](CN1CCOCC1)N1Cc2cc(F)ccc2CC1=O)c1cc(F)cc(F)n1. The van der Waals surface area contributed by atoms with E-state index in [1.165, 1.54) is 17.0 Å². The molecule has 0 unspecified atom stereocenters. The quantitative estimate of drug-likeness (QED) is 0.665. The van der Waals surface area contributed by atoms with Crippen LogP contribution in [0.3, 0.4) is 0 Å². The molecule has 3 heterocycles. The van der Waals surface area contributed by atoms with Crippen molar-refractivity contribution in [3.63, 3.8) is 0 Å². The minimum absolute atomic E-state index is 0.0309. The second-order valence-corrected chi connectivity index (χ2v) is 8.30. The summed E-state index contributed by atoms with van der Waals surface area (Å²) >= 11 is 0. The van der Waals surface area contributed by atoms with Crippen molar-refractivity contribution >= 4 is 11.8 Å². The Hall–Kier alpha value is -2.98. The first kappa shape index (κ1) is 23.2. The third-order valence-electron chi connectivity index (χ3n) is 5.97. The fraction of sp³-hybridized carbons (Fsp3) is 0.435. The molecule has 2 aliphatic heterocycles. The molecule has 2 atom stereocenters. The molecule has 2 amide bonds. The van der Waals surface area contributed by atoms with Crippen molar-refractivity contribution in [3.8, 4) is 0 Å². The number of aromatic nitrogens is 1. The van der Waals surface area contributed by atoms with Gasteiger partial charge in [-0.3, -0.25) is 14.5 Å². The highest BCUT2D eigenvalue weighted by Crippen LogP contribution is 2.24. The molecule has 0 radical (unpaired) electrons. The average molecular weight is 462 g/mol. The highest BCUT2D eigenvalue weighted by atomic mass is 19.1. The Bertz CT molecular complexity index is 1030. The minimum Gasteiger partial charge on any atom is -0.379 e. The number of fused-ring (bicyclic) bond motifs is 1. The van der Waals surface area contributed by atoms with Crippen LogP contribution in [0.4, 0.5) is 13.2 Å². The maximum Gasteiger partial charge on any atom is 0.244 e. The molecule has 2 aliphatic rings. The summed E-state index contributed by atoms with van der Waals surface area (Å²) in [5.74, 6) is -2.92. The number of nitrogens with one attached hydrogen (secondary N) is 1. The van der Waals surface area contributed by atoms with Gasteiger partial charge in [-0.2, -0.15) is 4.39 Å². The maximum atomic E-state index is 13.8. The smallest absolute Gasteiger partial charge is 0.244 e. The van der Waals surface area contributed by atoms with Crippen molar-refractivity contribution in [2.24, 2.45) is 0 Å². The number of carbonyl (C=O) groups excluding carboxylic acids is 2. The summed E-state index contributed by atoms with van der Waals surface area (Å²) in [7, 11) is 0. The lowest BCUT2D eigenvalue weighted by molar-refractivity contribution is -0.143. The van der Waals surface area contributed by atoms with Gasteiger partial charge in [0.15, 0.2) is 0 Å². The van der Waals surface area contributed by atoms with Gasteiger partial charge in [0.25, 0.3) is 0 Å². The number of halogens is 3. The van der Waals surface area contributed by atoms with Gasteiger partial charge in [0.1, 0.15) is 17.7 Å². The van der Waals surface area contributed by atoms with Crippen LogP contribution in [-0.2, 0) is 27.3 Å². The van der Waals surface area contributed by atoms with Gasteiger partial charge in [-0.15, -0.1) is 0 Å². The number of pyridine rings is 1. The number of hydrogen-bond donors (Lipinski definition) is 1. The van der Waals surface area contributed by atoms with E-state index in [0.717, 1.165) is 11.6 Å². The van der Waals surface area contributed by atoms with E-state index in [-0.39, 0.29) is 31.1 Å². The number of hydrogen-bond acceptors (Lipinski definition) is 5. The monoisotopic (exact) mass is 462 g/mol. The number of amides is 2. The van der Waals surface area contributed by atoms with E-state index in [4.69, 9.17) is 4.74 Å². The van der Waals surface area contributed by atoms with Gasteiger partial charge in [-0.25, -0.2) is 13.8 Å². The molecule has 1 fully saturated rings. The van der Waals surface area contributed by atoms with E-state index < -0.39 is 35.6 Å². The Balaban J connectivity index is 1.57. The fourth-order valence-electron chi connectivity index (χ4n) is 4.18. The molecule has 33 heavy (non-hydrogen) atoms. The number of rotatable bonds is 6. The van der Waals surface area contributed by atoms with Crippen molar-refractivity contribution in [1.29, 1.82) is 0 Å². The second-order valence-electron chi connectivity index (χ2n) is 8.30. The molecule has 10 heteroatoms. The summed E-state index contributed by atoms with van der Waals surface area (Å²) in [4.78, 5) is 33.4. The van der Waals surface area contributed by atoms with Gasteiger partial charge in [0, 0.05) is 32.2 Å². The summed E-state index contributed by atoms with van der Waals surface area (Å²) in [5, 5.41) is 2.73. The van der Waals surface area contributed by atoms with Crippen LogP contribution in [0.5, 0.6) is 0 Å². The first-order valence-corrected chi connectivity index (χ1v) is 10.8. The molecule has 4 rings (SSSR count). The van der Waals surface area contributed by atoms with Crippen LogP contribution in [0.1, 0.15) is 29.8 Å². The van der Waals surface area contributed by atoms with Crippen LogP contribution in [0, 0.1) is 17.6 Å². The third kappa shape index (κ3) is 5.51. The Morgan fingerprint density at radius 3 is 2.61 bits per heavy atom. The predicted molar refractivity (Wildman–Crippen MR) is 112 cm³/mol. The first-order chi connectivity index (χ1) is 15.8. The topological polar surface area (TPSA) is 74.8 Å². The molecule has 0 bridgehead atoms. The van der Waals surface area contributed by atoms with Gasteiger partial charge in [0.2, 0.25) is 17.8 Å². The summed E-state index contributed by atoms with van der Waals surface area (Å²) in [5.41, 5.74) is 1.41. The summed E-state index contributed by atoms with van der Waals surface area (Å²) in [6.45, 7) is 4.14. The number of morpholine rings is 1. The standard InChI is InChI=1S/C23H25F3N4O3/c1-14(19-10-18(25)11-21(26)28-19)27-23(32)20(13-29-4-6-33-7-5-29)30-12-16-8-17(24)3-2-15(16)9-22(30)31/h2-3,8,10-11,14,20H,4-7,9,12-13H2,1H3,(H,27,32)/t14-,20+/m1/s1. The van der Waals surface area contributed by atoms with Crippen molar-refractivity contribution in [1.82, 2.24) is 20.1 Å². The Labute approximate surface area is 189 Å². The van der Waals surface area contributed by atoms with Gasteiger partial charge >= 0.3 is 0 Å². The van der Waals surface area contributed by atoms with Gasteiger partial charge in [0.05, 0.1) is 31.4 Å². The zero-order chi connectivity index (χ0) is 23.5. The van der Waals surface area contributed by atoms with E-state index in [9.17, 15) is 22.8 Å². The van der Waals surface area contributed by atoms with Crippen LogP contribution in [0.2, 0.25) is 0 Å². The summed E-state index contributed by atoms with van der Waals surface area (Å²) in [6.07, 6.45) is 0.0642. The molecule has 1 saturated heterocycles. The predicted octanol–water partition coefficient (Wildman–Crippen LogP) is 1.96. The molecule has 0 spiro atoms. The second kappa shape index (κ2) is 9.88. The lowest BCUT2D eigenvalue weighted by Gasteiger charge is -2.38. The molecular formula is C23H25F3N4O3. The molecule has 1 N–H and O–H groups in total. The van der Waals surface area contributed by atoms with Crippen molar-refractivity contribution in [2.75, 3.05) is 32.8 Å². The molecule has 2 aromatic rings. The van der Waals surface area contributed by atoms with E-state index in [2.05, 4.69) is 10.3 Å². The lowest BCUT2D eigenvalue weighted by atomic mass is 9.97. The Kier molecular flexibility index (Phi) is 6.94. The number of carbonyl (C=O) groups is 2. The molecule has 7 nitrogen and oxygen atoms in total. The first-order valence-electron chi connectivity index (χ1n) is 10.8. The van der Waals surface area contributed by atoms with Crippen molar-refractivity contribution in [2.45, 2.75) is 32.0 Å². The van der Waals surface area contributed by atoms with Crippen LogP contribution < -0.4 is 5.32 Å². The molecule has 1 aromatic heterocycles. The molecular weight excluding hydrogens is 437 g/mol. The fourth-order valence-corrected chi connectivity index (χ4v) is 4.18. The van der Waals surface area contributed by atoms with Gasteiger partial charge in [-0.05, 0) is 36.2 Å². The number of benzene rings is 1. The summed E-state index contributed by atoms with van der Waals surface area (Å²) in [6, 6.07) is 4.31. The van der Waals surface area contributed by atoms with E-state index in [0.29, 0.717) is 37.9 Å². The Morgan fingerprint density at radius 1 is 1.12 bits per heavy atom. The normalized spacial score (nSPS) is 18.5. The van der Waals surface area contributed by atoms with E-state index >= 15 is 0 Å². The largest absolute Gasteiger partial charge is 0.379 e. The summed E-state index contributed by atoms with van der Waals surface area (Å²) < 4.78 is 46.3. The van der Waals surface area contributed by atoms with Crippen molar-refractivity contribution < 1.29 is 27.5 Å². The van der Waals surface area contributed by atoms with E-state index in [1.54, 1.807) is 13.0 Å². The zero-order valence-electron chi connectivity index (χ0n) is 18.2. The maximum absolute atomic E-state index is 13.8. The number of nitrogens with zero attached hydrogens (tertiary/aromatic N) is 3. The number of ether oxygens (including phenoxy) is 1. The van der Waals surface area contributed by atoms with E-state index in [1.807, 2.05) is 4.90 Å². The zero-order valence-corrected chi connectivity index (χ0v) is 18.2. The molecule has 1 aromatic carbocycles. The highest BCUT2D eigenvalue weighted by molar-refractivity contribution is 5.89. The van der Waals surface area contributed by atoms with Gasteiger partial charge < -0.3 is 15.0 Å².